The number of esters is 1. The van der Waals surface area contributed by atoms with Gasteiger partial charge in [-0.15, -0.1) is 0 Å². The van der Waals surface area contributed by atoms with Crippen molar-refractivity contribution in [2.45, 2.75) is 6.42 Å². The van der Waals surface area contributed by atoms with Crippen molar-refractivity contribution in [1.29, 1.82) is 0 Å². The van der Waals surface area contributed by atoms with Gasteiger partial charge < -0.3 is 14.2 Å². The third-order valence-corrected chi connectivity index (χ3v) is 3.79. The van der Waals surface area contributed by atoms with Crippen molar-refractivity contribution in [3.05, 3.63) is 58.4 Å². The van der Waals surface area contributed by atoms with Crippen molar-refractivity contribution in [2.75, 3.05) is 19.8 Å². The second-order valence-electron chi connectivity index (χ2n) is 5.34. The van der Waals surface area contributed by atoms with Gasteiger partial charge in [0.25, 0.3) is 0 Å². The van der Waals surface area contributed by atoms with Gasteiger partial charge in [0.2, 0.25) is 0 Å². The molecule has 0 fully saturated rings. The molecule has 0 unspecified atom stereocenters. The number of Topliss-reactive ketones (excluding diaryl/α,β-unsaturated/α-hetero) is 1. The van der Waals surface area contributed by atoms with Gasteiger partial charge >= 0.3 is 5.97 Å². The molecule has 2 aromatic rings. The summed E-state index contributed by atoms with van der Waals surface area (Å²) in [5, 5.41) is 0.197. The fourth-order valence-electron chi connectivity index (χ4n) is 2.28. The number of hydrogen-bond donors (Lipinski definition) is 0. The smallest absolute Gasteiger partial charge is 0.341 e. The minimum Gasteiger partial charge on any atom is -0.490 e. The lowest BCUT2D eigenvalue weighted by atomic mass is 10.1. The monoisotopic (exact) mass is 364 g/mol. The summed E-state index contributed by atoms with van der Waals surface area (Å²) in [7, 11) is 0. The molecule has 0 aromatic heterocycles. The molecule has 0 spiro atoms. The first-order valence-electron chi connectivity index (χ1n) is 7.59. The van der Waals surface area contributed by atoms with E-state index in [1.54, 1.807) is 12.1 Å². The van der Waals surface area contributed by atoms with E-state index in [1.165, 1.54) is 12.1 Å². The lowest BCUT2D eigenvalue weighted by molar-refractivity contribution is 0.0470. The first-order chi connectivity index (χ1) is 12.0. The predicted octanol–water partition coefficient (Wildman–Crippen LogP) is 3.68. The molecule has 1 aliphatic rings. The molecule has 0 bridgehead atoms. The maximum Gasteiger partial charge on any atom is 0.341 e. The Morgan fingerprint density at radius 2 is 1.84 bits per heavy atom. The Kier molecular flexibility index (Phi) is 5.19. The third kappa shape index (κ3) is 4.09. The molecule has 7 heteroatoms. The molecule has 130 valence electrons. The Bertz CT molecular complexity index is 821. The van der Waals surface area contributed by atoms with Crippen LogP contribution in [0.4, 0.5) is 4.39 Å². The van der Waals surface area contributed by atoms with E-state index in [9.17, 15) is 14.0 Å². The number of ketones is 1. The molecule has 5 nitrogen and oxygen atoms in total. The van der Waals surface area contributed by atoms with Crippen LogP contribution in [-0.4, -0.2) is 31.6 Å². The van der Waals surface area contributed by atoms with Crippen LogP contribution in [0, 0.1) is 5.82 Å². The number of rotatable bonds is 4. The zero-order chi connectivity index (χ0) is 17.8. The van der Waals surface area contributed by atoms with Crippen molar-refractivity contribution in [3.8, 4) is 11.5 Å². The van der Waals surface area contributed by atoms with Crippen molar-refractivity contribution in [2.24, 2.45) is 0 Å². The highest BCUT2D eigenvalue weighted by Gasteiger charge is 2.18. The molecule has 0 saturated heterocycles. The van der Waals surface area contributed by atoms with Gasteiger partial charge in [-0.25, -0.2) is 9.18 Å². The minimum absolute atomic E-state index is 0.197. The van der Waals surface area contributed by atoms with Gasteiger partial charge in [0.1, 0.15) is 5.82 Å². The Hall–Kier alpha value is -2.60. The number of carbonyl (C=O) groups is 2. The first kappa shape index (κ1) is 17.2. The van der Waals surface area contributed by atoms with E-state index in [0.29, 0.717) is 30.3 Å². The average molecular weight is 365 g/mol. The van der Waals surface area contributed by atoms with Crippen LogP contribution < -0.4 is 9.47 Å². The van der Waals surface area contributed by atoms with E-state index in [1.807, 2.05) is 0 Å². The standard InChI is InChI=1S/C18H14ClFO5/c19-12-3-4-14(20)13(9-12)18(22)25-10-15(21)11-2-5-16-17(8-11)24-7-1-6-23-16/h2-5,8-9H,1,6-7,10H2. The van der Waals surface area contributed by atoms with Gasteiger partial charge in [0.05, 0.1) is 18.8 Å². The van der Waals surface area contributed by atoms with Crippen LogP contribution in [0.5, 0.6) is 11.5 Å². The third-order valence-electron chi connectivity index (χ3n) is 3.55. The van der Waals surface area contributed by atoms with Crippen LogP contribution in [0.1, 0.15) is 27.1 Å². The summed E-state index contributed by atoms with van der Waals surface area (Å²) >= 11 is 5.73. The Balaban J connectivity index is 1.67. The van der Waals surface area contributed by atoms with Gasteiger partial charge in [-0.05, 0) is 36.4 Å². The Labute approximate surface area is 148 Å². The average Bonchev–Trinajstić information content (AvgIpc) is 2.86. The van der Waals surface area contributed by atoms with E-state index in [-0.39, 0.29) is 10.6 Å². The zero-order valence-corrected chi connectivity index (χ0v) is 13.8. The molecular weight excluding hydrogens is 351 g/mol. The van der Waals surface area contributed by atoms with Gasteiger partial charge in [-0.2, -0.15) is 0 Å². The lowest BCUT2D eigenvalue weighted by Gasteiger charge is -2.09. The summed E-state index contributed by atoms with van der Waals surface area (Å²) < 4.78 is 29.5. The zero-order valence-electron chi connectivity index (χ0n) is 13.1. The Morgan fingerprint density at radius 1 is 1.08 bits per heavy atom. The summed E-state index contributed by atoms with van der Waals surface area (Å²) in [5.74, 6) is -1.13. The Morgan fingerprint density at radius 3 is 2.64 bits per heavy atom. The van der Waals surface area contributed by atoms with Crippen LogP contribution >= 0.6 is 11.6 Å². The molecule has 0 radical (unpaired) electrons. The molecule has 25 heavy (non-hydrogen) atoms. The molecule has 0 saturated carbocycles. The maximum atomic E-state index is 13.6. The van der Waals surface area contributed by atoms with Crippen LogP contribution in [-0.2, 0) is 4.74 Å². The second-order valence-corrected chi connectivity index (χ2v) is 5.77. The van der Waals surface area contributed by atoms with Crippen molar-refractivity contribution >= 4 is 23.4 Å². The quantitative estimate of drug-likeness (QED) is 0.611. The molecule has 3 rings (SSSR count). The molecule has 0 amide bonds. The molecule has 2 aromatic carbocycles. The largest absolute Gasteiger partial charge is 0.490 e. The fraction of sp³-hybridized carbons (Fsp3) is 0.222. The summed E-state index contributed by atoms with van der Waals surface area (Å²) in [4.78, 5) is 24.1. The van der Waals surface area contributed by atoms with Crippen molar-refractivity contribution in [1.82, 2.24) is 0 Å². The topological polar surface area (TPSA) is 61.8 Å². The van der Waals surface area contributed by atoms with Crippen LogP contribution in [0.15, 0.2) is 36.4 Å². The summed E-state index contributed by atoms with van der Waals surface area (Å²) in [6, 6.07) is 8.26. The molecule has 0 N–H and O–H groups in total. The number of benzene rings is 2. The van der Waals surface area contributed by atoms with Gasteiger partial charge in [0, 0.05) is 17.0 Å². The van der Waals surface area contributed by atoms with E-state index < -0.39 is 24.2 Å². The number of carbonyl (C=O) groups excluding carboxylic acids is 2. The summed E-state index contributed by atoms with van der Waals surface area (Å²) in [5.41, 5.74) is -0.0115. The van der Waals surface area contributed by atoms with Crippen LogP contribution in [0.3, 0.4) is 0 Å². The van der Waals surface area contributed by atoms with E-state index in [2.05, 4.69) is 0 Å². The number of ether oxygens (including phenoxy) is 3. The molecule has 1 aliphatic heterocycles. The molecule has 0 aliphatic carbocycles. The van der Waals surface area contributed by atoms with Crippen molar-refractivity contribution in [3.63, 3.8) is 0 Å². The normalized spacial score (nSPS) is 13.0. The number of fused-ring (bicyclic) bond motifs is 1. The molecule has 0 atom stereocenters. The van der Waals surface area contributed by atoms with Gasteiger partial charge in [0.15, 0.2) is 23.9 Å². The number of halogens is 2. The van der Waals surface area contributed by atoms with Gasteiger partial charge in [-0.1, -0.05) is 11.6 Å². The fourth-order valence-corrected chi connectivity index (χ4v) is 2.45. The summed E-state index contributed by atoms with van der Waals surface area (Å²) in [6.07, 6.45) is 0.751. The van der Waals surface area contributed by atoms with Gasteiger partial charge in [-0.3, -0.25) is 4.79 Å². The highest BCUT2D eigenvalue weighted by molar-refractivity contribution is 6.30. The second kappa shape index (κ2) is 7.53. The first-order valence-corrected chi connectivity index (χ1v) is 7.97. The van der Waals surface area contributed by atoms with E-state index in [0.717, 1.165) is 18.6 Å². The van der Waals surface area contributed by atoms with E-state index >= 15 is 0 Å². The van der Waals surface area contributed by atoms with Crippen molar-refractivity contribution < 1.29 is 28.2 Å². The predicted molar refractivity (Wildman–Crippen MR) is 88.1 cm³/mol. The minimum atomic E-state index is -0.956. The molecular formula is C18H14ClFO5. The highest BCUT2D eigenvalue weighted by Crippen LogP contribution is 2.30. The van der Waals surface area contributed by atoms with Crippen LogP contribution in [0.2, 0.25) is 5.02 Å². The maximum absolute atomic E-state index is 13.6. The van der Waals surface area contributed by atoms with E-state index in [4.69, 9.17) is 25.8 Å². The summed E-state index contributed by atoms with van der Waals surface area (Å²) in [6.45, 7) is 0.515. The lowest BCUT2D eigenvalue weighted by Crippen LogP contribution is -2.15. The number of hydrogen-bond acceptors (Lipinski definition) is 5. The SMILES string of the molecule is O=C(COC(=O)c1cc(Cl)ccc1F)c1ccc2c(c1)OCCCO2. The highest BCUT2D eigenvalue weighted by atomic mass is 35.5. The molecule has 1 heterocycles. The van der Waals surface area contributed by atoms with Crippen LogP contribution in [0.25, 0.3) is 0 Å².